The Balaban J connectivity index is 1.70. The lowest BCUT2D eigenvalue weighted by atomic mass is 9.98. The molecule has 0 saturated heterocycles. The van der Waals surface area contributed by atoms with Gasteiger partial charge in [0.05, 0.1) is 18.1 Å². The highest BCUT2D eigenvalue weighted by Gasteiger charge is 2.10. The van der Waals surface area contributed by atoms with E-state index in [-0.39, 0.29) is 5.91 Å². The monoisotopic (exact) mass is 335 g/mol. The van der Waals surface area contributed by atoms with Gasteiger partial charge in [-0.3, -0.25) is 4.79 Å². The fourth-order valence-electron chi connectivity index (χ4n) is 2.76. The number of H-pyrrole nitrogens is 1. The van der Waals surface area contributed by atoms with E-state index in [1.54, 1.807) is 19.4 Å². The first-order valence-corrected chi connectivity index (χ1v) is 8.25. The number of hydrogen-bond donors (Lipinski definition) is 3. The van der Waals surface area contributed by atoms with Crippen molar-refractivity contribution in [1.29, 1.82) is 0 Å². The van der Waals surface area contributed by atoms with Gasteiger partial charge in [0.15, 0.2) is 0 Å². The fourth-order valence-corrected chi connectivity index (χ4v) is 2.76. The molecule has 0 aliphatic rings. The van der Waals surface area contributed by atoms with Gasteiger partial charge in [0.1, 0.15) is 0 Å². The molecule has 0 fully saturated rings. The lowest BCUT2D eigenvalue weighted by molar-refractivity contribution is 0.0963. The summed E-state index contributed by atoms with van der Waals surface area (Å²) >= 11 is 0. The summed E-state index contributed by atoms with van der Waals surface area (Å²) in [6.07, 6.45) is 4.30. The number of aromatic amines is 1. The van der Waals surface area contributed by atoms with Crippen molar-refractivity contribution in [3.05, 3.63) is 77.9 Å². The van der Waals surface area contributed by atoms with E-state index in [2.05, 4.69) is 15.3 Å². The Morgan fingerprint density at radius 2 is 2.00 bits per heavy atom. The highest BCUT2D eigenvalue weighted by Crippen LogP contribution is 2.24. The van der Waals surface area contributed by atoms with Gasteiger partial charge in [-0.15, -0.1) is 0 Å². The standard InChI is InChI=1S/C20H21N3O2/c1-21-20(25)17-4-2-3-16(11-17)14-5-7-15(8-6-14)19(24)10-9-18-12-22-13-23-18/h2-8,11-13,19,24H,9-10H2,1H3,(H,21,25)(H,22,23). The van der Waals surface area contributed by atoms with Gasteiger partial charge in [-0.25, -0.2) is 4.98 Å². The van der Waals surface area contributed by atoms with Gasteiger partial charge in [-0.2, -0.15) is 0 Å². The summed E-state index contributed by atoms with van der Waals surface area (Å²) in [5.41, 5.74) is 4.43. The van der Waals surface area contributed by atoms with Gasteiger partial charge in [-0.1, -0.05) is 36.4 Å². The van der Waals surface area contributed by atoms with E-state index in [1.807, 2.05) is 48.7 Å². The van der Waals surface area contributed by atoms with Crippen molar-refractivity contribution >= 4 is 5.91 Å². The molecular formula is C20H21N3O2. The molecule has 3 aromatic rings. The fraction of sp³-hybridized carbons (Fsp3) is 0.200. The number of rotatable bonds is 6. The molecule has 1 unspecified atom stereocenters. The third kappa shape index (κ3) is 4.14. The minimum Gasteiger partial charge on any atom is -0.388 e. The molecule has 0 aliphatic heterocycles. The zero-order valence-corrected chi connectivity index (χ0v) is 14.1. The number of aliphatic hydroxyl groups excluding tert-OH is 1. The molecule has 2 aromatic carbocycles. The molecule has 5 nitrogen and oxygen atoms in total. The highest BCUT2D eigenvalue weighted by molar-refractivity contribution is 5.95. The first-order valence-electron chi connectivity index (χ1n) is 8.25. The molecule has 1 atom stereocenters. The van der Waals surface area contributed by atoms with Gasteiger partial charge in [0.2, 0.25) is 0 Å². The van der Waals surface area contributed by atoms with E-state index in [1.165, 1.54) is 0 Å². The van der Waals surface area contributed by atoms with E-state index in [0.717, 1.165) is 28.8 Å². The molecular weight excluding hydrogens is 314 g/mol. The highest BCUT2D eigenvalue weighted by atomic mass is 16.3. The lowest BCUT2D eigenvalue weighted by Crippen LogP contribution is -2.17. The van der Waals surface area contributed by atoms with Crippen LogP contribution in [-0.4, -0.2) is 28.0 Å². The van der Waals surface area contributed by atoms with E-state index in [0.29, 0.717) is 12.0 Å². The van der Waals surface area contributed by atoms with E-state index in [4.69, 9.17) is 0 Å². The predicted molar refractivity (Wildman–Crippen MR) is 97.1 cm³/mol. The predicted octanol–water partition coefficient (Wildman–Crippen LogP) is 3.10. The molecule has 1 aromatic heterocycles. The third-order valence-electron chi connectivity index (χ3n) is 4.21. The second-order valence-electron chi connectivity index (χ2n) is 5.90. The third-order valence-corrected chi connectivity index (χ3v) is 4.21. The number of aryl methyl sites for hydroxylation is 1. The summed E-state index contributed by atoms with van der Waals surface area (Å²) in [4.78, 5) is 18.8. The second kappa shape index (κ2) is 7.77. The maximum atomic E-state index is 11.8. The molecule has 3 N–H and O–H groups in total. The molecule has 1 heterocycles. The first kappa shape index (κ1) is 16.9. The largest absolute Gasteiger partial charge is 0.388 e. The maximum Gasteiger partial charge on any atom is 0.251 e. The number of aliphatic hydroxyl groups is 1. The summed E-state index contributed by atoms with van der Waals surface area (Å²) < 4.78 is 0. The smallest absolute Gasteiger partial charge is 0.251 e. The number of nitrogens with one attached hydrogen (secondary N) is 2. The molecule has 0 spiro atoms. The Labute approximate surface area is 146 Å². The van der Waals surface area contributed by atoms with Crippen LogP contribution >= 0.6 is 0 Å². The minimum atomic E-state index is -0.525. The van der Waals surface area contributed by atoms with E-state index >= 15 is 0 Å². The first-order chi connectivity index (χ1) is 12.2. The van der Waals surface area contributed by atoms with Crippen molar-refractivity contribution < 1.29 is 9.90 Å². The van der Waals surface area contributed by atoms with Crippen molar-refractivity contribution in [2.75, 3.05) is 7.05 Å². The normalized spacial score (nSPS) is 11.9. The van der Waals surface area contributed by atoms with Crippen molar-refractivity contribution in [2.24, 2.45) is 0 Å². The van der Waals surface area contributed by atoms with Crippen molar-refractivity contribution in [2.45, 2.75) is 18.9 Å². The Kier molecular flexibility index (Phi) is 5.26. The zero-order chi connectivity index (χ0) is 17.6. The number of nitrogens with zero attached hydrogens (tertiary/aromatic N) is 1. The minimum absolute atomic E-state index is 0.104. The Hall–Kier alpha value is -2.92. The van der Waals surface area contributed by atoms with Crippen LogP contribution in [0.1, 0.15) is 34.1 Å². The quantitative estimate of drug-likeness (QED) is 0.648. The molecule has 0 aliphatic carbocycles. The number of aromatic nitrogens is 2. The summed E-state index contributed by atoms with van der Waals surface area (Å²) in [7, 11) is 1.62. The molecule has 0 bridgehead atoms. The number of hydrogen-bond acceptors (Lipinski definition) is 3. The molecule has 1 amide bonds. The average molecular weight is 335 g/mol. The average Bonchev–Trinajstić information content (AvgIpc) is 3.19. The molecule has 128 valence electrons. The maximum absolute atomic E-state index is 11.8. The number of amides is 1. The Bertz CT molecular complexity index is 826. The van der Waals surface area contributed by atoms with Crippen LogP contribution in [0.3, 0.4) is 0 Å². The summed E-state index contributed by atoms with van der Waals surface area (Å²) in [6.45, 7) is 0. The van der Waals surface area contributed by atoms with Gasteiger partial charge < -0.3 is 15.4 Å². The van der Waals surface area contributed by atoms with E-state index in [9.17, 15) is 9.90 Å². The zero-order valence-electron chi connectivity index (χ0n) is 14.1. The molecule has 5 heteroatoms. The van der Waals surface area contributed by atoms with Crippen molar-refractivity contribution in [3.8, 4) is 11.1 Å². The topological polar surface area (TPSA) is 78.0 Å². The lowest BCUT2D eigenvalue weighted by Gasteiger charge is -2.11. The van der Waals surface area contributed by atoms with Crippen LogP contribution in [0.15, 0.2) is 61.1 Å². The number of carbonyl (C=O) groups is 1. The van der Waals surface area contributed by atoms with Crippen LogP contribution in [0.2, 0.25) is 0 Å². The van der Waals surface area contributed by atoms with Gasteiger partial charge >= 0.3 is 0 Å². The van der Waals surface area contributed by atoms with Crippen molar-refractivity contribution in [1.82, 2.24) is 15.3 Å². The van der Waals surface area contributed by atoms with Gasteiger partial charge in [0, 0.05) is 18.8 Å². The van der Waals surface area contributed by atoms with Crippen LogP contribution in [0, 0.1) is 0 Å². The summed E-state index contributed by atoms with van der Waals surface area (Å²) in [5, 5.41) is 13.0. The van der Waals surface area contributed by atoms with Crippen LogP contribution in [0.5, 0.6) is 0 Å². The van der Waals surface area contributed by atoms with Crippen molar-refractivity contribution in [3.63, 3.8) is 0 Å². The number of imidazole rings is 1. The Morgan fingerprint density at radius 1 is 1.20 bits per heavy atom. The van der Waals surface area contributed by atoms with Crippen LogP contribution in [0.4, 0.5) is 0 Å². The molecule has 0 saturated carbocycles. The Morgan fingerprint density at radius 3 is 2.68 bits per heavy atom. The van der Waals surface area contributed by atoms with E-state index < -0.39 is 6.10 Å². The number of carbonyl (C=O) groups excluding carboxylic acids is 1. The molecule has 3 rings (SSSR count). The van der Waals surface area contributed by atoms with Crippen LogP contribution in [-0.2, 0) is 6.42 Å². The summed E-state index contributed by atoms with van der Waals surface area (Å²) in [5.74, 6) is -0.104. The van der Waals surface area contributed by atoms with Gasteiger partial charge in [-0.05, 0) is 41.7 Å². The number of benzene rings is 2. The van der Waals surface area contributed by atoms with Crippen LogP contribution in [0.25, 0.3) is 11.1 Å². The summed E-state index contributed by atoms with van der Waals surface area (Å²) in [6, 6.07) is 15.3. The van der Waals surface area contributed by atoms with Crippen LogP contribution < -0.4 is 5.32 Å². The second-order valence-corrected chi connectivity index (χ2v) is 5.90. The molecule has 0 radical (unpaired) electrons. The van der Waals surface area contributed by atoms with Gasteiger partial charge in [0.25, 0.3) is 5.91 Å². The SMILES string of the molecule is CNC(=O)c1cccc(-c2ccc(C(O)CCc3c[nH]cn3)cc2)c1. The molecule has 25 heavy (non-hydrogen) atoms.